The van der Waals surface area contributed by atoms with Crippen molar-refractivity contribution in [3.05, 3.63) is 18.5 Å². The van der Waals surface area contributed by atoms with Crippen LogP contribution in [0.4, 0.5) is 11.4 Å². The molecule has 0 aliphatic carbocycles. The molecule has 1 aromatic rings. The zero-order valence-corrected chi connectivity index (χ0v) is 10.6. The van der Waals surface area contributed by atoms with Crippen molar-refractivity contribution >= 4 is 17.3 Å². The van der Waals surface area contributed by atoms with Gasteiger partial charge in [-0.2, -0.15) is 0 Å². The second kappa shape index (κ2) is 6.89. The predicted octanol–water partition coefficient (Wildman–Crippen LogP) is 2.60. The molecule has 17 heavy (non-hydrogen) atoms. The molecule has 1 rings (SSSR count). The highest BCUT2D eigenvalue weighted by Gasteiger charge is 2.12. The molecule has 1 heterocycles. The predicted molar refractivity (Wildman–Crippen MR) is 70.8 cm³/mol. The number of anilines is 2. The maximum absolute atomic E-state index is 11.9. The number of rotatable bonds is 6. The zero-order chi connectivity index (χ0) is 12.7. The third kappa shape index (κ3) is 4.06. The van der Waals surface area contributed by atoms with Crippen molar-refractivity contribution in [1.82, 2.24) is 4.98 Å². The maximum Gasteiger partial charge on any atom is 0.226 e. The second-order valence-electron chi connectivity index (χ2n) is 4.20. The van der Waals surface area contributed by atoms with E-state index in [-0.39, 0.29) is 5.91 Å². The summed E-state index contributed by atoms with van der Waals surface area (Å²) < 4.78 is 0. The molecule has 1 amide bonds. The first-order valence-corrected chi connectivity index (χ1v) is 6.12. The standard InChI is InChI=1S/C13H21N3O/c1-3-4-5-6-7-13(17)16(2)12-8-9-15-10-11(12)14/h8-10H,3-7,14H2,1-2H3. The van der Waals surface area contributed by atoms with Gasteiger partial charge in [-0.15, -0.1) is 0 Å². The normalized spacial score (nSPS) is 10.2. The Morgan fingerprint density at radius 2 is 2.18 bits per heavy atom. The van der Waals surface area contributed by atoms with Gasteiger partial charge < -0.3 is 10.6 Å². The molecule has 4 nitrogen and oxygen atoms in total. The monoisotopic (exact) mass is 235 g/mol. The van der Waals surface area contributed by atoms with E-state index in [4.69, 9.17) is 5.73 Å². The maximum atomic E-state index is 11.9. The van der Waals surface area contributed by atoms with Gasteiger partial charge in [0.1, 0.15) is 0 Å². The molecular weight excluding hydrogens is 214 g/mol. The highest BCUT2D eigenvalue weighted by molar-refractivity contribution is 5.95. The number of amides is 1. The Morgan fingerprint density at radius 1 is 1.41 bits per heavy atom. The molecular formula is C13H21N3O. The molecule has 94 valence electrons. The Labute approximate surface area is 103 Å². The van der Waals surface area contributed by atoms with E-state index < -0.39 is 0 Å². The Balaban J connectivity index is 2.49. The van der Waals surface area contributed by atoms with Crippen molar-refractivity contribution in [2.75, 3.05) is 17.7 Å². The molecule has 0 saturated heterocycles. The fraction of sp³-hybridized carbons (Fsp3) is 0.538. The Kier molecular flexibility index (Phi) is 5.46. The molecule has 0 aliphatic heterocycles. The highest BCUT2D eigenvalue weighted by Crippen LogP contribution is 2.20. The number of nitrogens with two attached hydrogens (primary N) is 1. The second-order valence-corrected chi connectivity index (χ2v) is 4.20. The van der Waals surface area contributed by atoms with Gasteiger partial charge in [-0.05, 0) is 12.5 Å². The SMILES string of the molecule is CCCCCCC(=O)N(C)c1ccncc1N. The largest absolute Gasteiger partial charge is 0.396 e. The minimum Gasteiger partial charge on any atom is -0.396 e. The Bertz CT molecular complexity index is 365. The Hall–Kier alpha value is -1.58. The molecule has 2 N–H and O–H groups in total. The first-order valence-electron chi connectivity index (χ1n) is 6.12. The van der Waals surface area contributed by atoms with Gasteiger partial charge in [-0.25, -0.2) is 0 Å². The molecule has 0 aliphatic rings. The van der Waals surface area contributed by atoms with Crippen LogP contribution < -0.4 is 10.6 Å². The van der Waals surface area contributed by atoms with Crippen LogP contribution in [-0.4, -0.2) is 17.9 Å². The van der Waals surface area contributed by atoms with Crippen LogP contribution in [0.3, 0.4) is 0 Å². The number of hydrogen-bond donors (Lipinski definition) is 1. The minimum absolute atomic E-state index is 0.110. The van der Waals surface area contributed by atoms with Gasteiger partial charge in [0.15, 0.2) is 0 Å². The molecule has 4 heteroatoms. The van der Waals surface area contributed by atoms with E-state index in [0.29, 0.717) is 12.1 Å². The number of aromatic nitrogens is 1. The Morgan fingerprint density at radius 3 is 2.82 bits per heavy atom. The smallest absolute Gasteiger partial charge is 0.226 e. The lowest BCUT2D eigenvalue weighted by molar-refractivity contribution is -0.118. The summed E-state index contributed by atoms with van der Waals surface area (Å²) in [6, 6.07) is 1.76. The minimum atomic E-state index is 0.110. The third-order valence-corrected chi connectivity index (χ3v) is 2.81. The summed E-state index contributed by atoms with van der Waals surface area (Å²) in [6.07, 6.45) is 8.22. The fourth-order valence-electron chi connectivity index (χ4n) is 1.71. The molecule has 0 unspecified atom stereocenters. The molecule has 0 aromatic carbocycles. The lowest BCUT2D eigenvalue weighted by Crippen LogP contribution is -2.26. The summed E-state index contributed by atoms with van der Waals surface area (Å²) >= 11 is 0. The molecule has 0 fully saturated rings. The first kappa shape index (κ1) is 13.5. The van der Waals surface area contributed by atoms with Crippen molar-refractivity contribution in [3.63, 3.8) is 0 Å². The number of nitrogens with zero attached hydrogens (tertiary/aromatic N) is 2. The number of pyridine rings is 1. The van der Waals surface area contributed by atoms with Gasteiger partial charge in [0.25, 0.3) is 0 Å². The quantitative estimate of drug-likeness (QED) is 0.771. The van der Waals surface area contributed by atoms with E-state index in [1.807, 2.05) is 0 Å². The van der Waals surface area contributed by atoms with Crippen molar-refractivity contribution in [2.45, 2.75) is 39.0 Å². The van der Waals surface area contributed by atoms with Crippen molar-refractivity contribution < 1.29 is 4.79 Å². The lowest BCUT2D eigenvalue weighted by atomic mass is 10.1. The van der Waals surface area contributed by atoms with Gasteiger partial charge in [-0.1, -0.05) is 26.2 Å². The van der Waals surface area contributed by atoms with Crippen LogP contribution in [0.1, 0.15) is 39.0 Å². The van der Waals surface area contributed by atoms with Crippen LogP contribution in [0.25, 0.3) is 0 Å². The summed E-state index contributed by atoms with van der Waals surface area (Å²) in [7, 11) is 1.76. The average molecular weight is 235 g/mol. The van der Waals surface area contributed by atoms with E-state index in [0.717, 1.165) is 18.5 Å². The van der Waals surface area contributed by atoms with Crippen LogP contribution in [0.5, 0.6) is 0 Å². The number of unbranched alkanes of at least 4 members (excludes halogenated alkanes) is 3. The van der Waals surface area contributed by atoms with Crippen LogP contribution in [0, 0.1) is 0 Å². The summed E-state index contributed by atoms with van der Waals surface area (Å²) in [6.45, 7) is 2.16. The number of hydrogen-bond acceptors (Lipinski definition) is 3. The summed E-state index contributed by atoms with van der Waals surface area (Å²) in [5.74, 6) is 0.110. The van der Waals surface area contributed by atoms with E-state index in [1.54, 1.807) is 30.4 Å². The van der Waals surface area contributed by atoms with E-state index in [9.17, 15) is 4.79 Å². The average Bonchev–Trinajstić information content (AvgIpc) is 2.34. The van der Waals surface area contributed by atoms with E-state index in [1.165, 1.54) is 12.8 Å². The fourth-order valence-corrected chi connectivity index (χ4v) is 1.71. The molecule has 1 aromatic heterocycles. The molecule has 0 saturated carbocycles. The van der Waals surface area contributed by atoms with Gasteiger partial charge in [0.2, 0.25) is 5.91 Å². The number of nitrogen functional groups attached to an aromatic ring is 1. The molecule has 0 spiro atoms. The van der Waals surface area contributed by atoms with Gasteiger partial charge in [0, 0.05) is 19.7 Å². The van der Waals surface area contributed by atoms with Crippen LogP contribution >= 0.6 is 0 Å². The summed E-state index contributed by atoms with van der Waals surface area (Å²) in [5.41, 5.74) is 7.05. The zero-order valence-electron chi connectivity index (χ0n) is 10.6. The van der Waals surface area contributed by atoms with Crippen LogP contribution in [-0.2, 0) is 4.79 Å². The van der Waals surface area contributed by atoms with Crippen molar-refractivity contribution in [1.29, 1.82) is 0 Å². The first-order chi connectivity index (χ1) is 8.16. The van der Waals surface area contributed by atoms with Crippen LogP contribution in [0.15, 0.2) is 18.5 Å². The van der Waals surface area contributed by atoms with Gasteiger partial charge in [-0.3, -0.25) is 9.78 Å². The molecule has 0 bridgehead atoms. The number of carbonyl (C=O) groups excluding carboxylic acids is 1. The lowest BCUT2D eigenvalue weighted by Gasteiger charge is -2.18. The van der Waals surface area contributed by atoms with Crippen LogP contribution in [0.2, 0.25) is 0 Å². The van der Waals surface area contributed by atoms with Gasteiger partial charge >= 0.3 is 0 Å². The van der Waals surface area contributed by atoms with Gasteiger partial charge in [0.05, 0.1) is 17.6 Å². The van der Waals surface area contributed by atoms with E-state index in [2.05, 4.69) is 11.9 Å². The third-order valence-electron chi connectivity index (χ3n) is 2.81. The summed E-state index contributed by atoms with van der Waals surface area (Å²) in [4.78, 5) is 17.4. The topological polar surface area (TPSA) is 59.2 Å². The molecule has 0 radical (unpaired) electrons. The number of carbonyl (C=O) groups is 1. The highest BCUT2D eigenvalue weighted by atomic mass is 16.2. The summed E-state index contributed by atoms with van der Waals surface area (Å²) in [5, 5.41) is 0. The van der Waals surface area contributed by atoms with Crippen molar-refractivity contribution in [3.8, 4) is 0 Å². The molecule has 0 atom stereocenters. The van der Waals surface area contributed by atoms with E-state index >= 15 is 0 Å². The van der Waals surface area contributed by atoms with Crippen molar-refractivity contribution in [2.24, 2.45) is 0 Å².